The topological polar surface area (TPSA) is 55.0 Å². The van der Waals surface area contributed by atoms with E-state index in [0.29, 0.717) is 0 Å². The van der Waals surface area contributed by atoms with E-state index in [1.165, 1.54) is 19.3 Å². The van der Waals surface area contributed by atoms with E-state index >= 15 is 0 Å². The average Bonchev–Trinajstić information content (AvgIpc) is 3.09. The molecule has 0 bridgehead atoms. The van der Waals surface area contributed by atoms with Crippen molar-refractivity contribution in [1.29, 1.82) is 0 Å². The molecule has 1 saturated heterocycles. The van der Waals surface area contributed by atoms with Gasteiger partial charge < -0.3 is 10.6 Å². The number of nitrogens with two attached hydrogens (primary N) is 1. The maximum atomic E-state index is 5.90. The van der Waals surface area contributed by atoms with E-state index in [2.05, 4.69) is 22.4 Å². The van der Waals surface area contributed by atoms with Gasteiger partial charge in [-0.2, -0.15) is 0 Å². The van der Waals surface area contributed by atoms with Crippen molar-refractivity contribution in [2.24, 2.45) is 0 Å². The number of aromatic nitrogens is 2. The molecule has 2 N–H and O–H groups in total. The molecule has 3 heterocycles. The number of hydrogen-bond donors (Lipinski definition) is 1. The van der Waals surface area contributed by atoms with Crippen LogP contribution in [0.1, 0.15) is 19.3 Å². The average molecular weight is 310 g/mol. The maximum Gasteiger partial charge on any atom is 0.156 e. The number of benzene rings is 1. The molecule has 22 heavy (non-hydrogen) atoms. The molecule has 1 aromatic carbocycles. The molecule has 1 aliphatic rings. The fraction of sp³-hybridized carbons (Fsp3) is 0.294. The van der Waals surface area contributed by atoms with Gasteiger partial charge in [0.15, 0.2) is 5.82 Å². The monoisotopic (exact) mass is 310 g/mol. The summed E-state index contributed by atoms with van der Waals surface area (Å²) in [7, 11) is 0. The zero-order valence-electron chi connectivity index (χ0n) is 12.3. The third kappa shape index (κ3) is 2.41. The number of fused-ring (bicyclic) bond motifs is 1. The first-order valence-electron chi connectivity index (χ1n) is 7.67. The molecule has 0 amide bonds. The van der Waals surface area contributed by atoms with E-state index in [4.69, 9.17) is 15.7 Å². The first kappa shape index (κ1) is 13.5. The largest absolute Gasteiger partial charge is 0.399 e. The van der Waals surface area contributed by atoms with Gasteiger partial charge in [-0.05, 0) is 48.9 Å². The van der Waals surface area contributed by atoms with Crippen LogP contribution in [0.4, 0.5) is 11.5 Å². The van der Waals surface area contributed by atoms with Gasteiger partial charge in [-0.3, -0.25) is 0 Å². The predicted molar refractivity (Wildman–Crippen MR) is 93.3 cm³/mol. The minimum absolute atomic E-state index is 0.727. The quantitative estimate of drug-likeness (QED) is 0.729. The van der Waals surface area contributed by atoms with E-state index in [0.717, 1.165) is 46.2 Å². The van der Waals surface area contributed by atoms with Crippen molar-refractivity contribution in [3.8, 4) is 10.6 Å². The second kappa shape index (κ2) is 5.57. The molecule has 0 aliphatic carbocycles. The predicted octanol–water partition coefficient (Wildman–Crippen LogP) is 3.93. The molecular formula is C17H18N4S. The molecule has 0 saturated carbocycles. The van der Waals surface area contributed by atoms with Gasteiger partial charge in [0.2, 0.25) is 0 Å². The number of rotatable bonds is 2. The zero-order valence-corrected chi connectivity index (χ0v) is 13.1. The Labute approximate surface area is 133 Å². The van der Waals surface area contributed by atoms with Crippen molar-refractivity contribution in [2.45, 2.75) is 19.3 Å². The molecule has 0 radical (unpaired) electrons. The van der Waals surface area contributed by atoms with Crippen LogP contribution in [0.5, 0.6) is 0 Å². The molecule has 3 aromatic rings. The van der Waals surface area contributed by atoms with Crippen molar-refractivity contribution < 1.29 is 0 Å². The molecular weight excluding hydrogens is 292 g/mol. The van der Waals surface area contributed by atoms with Gasteiger partial charge in [-0.25, -0.2) is 9.97 Å². The Kier molecular flexibility index (Phi) is 3.42. The fourth-order valence-electron chi connectivity index (χ4n) is 2.97. The summed E-state index contributed by atoms with van der Waals surface area (Å²) < 4.78 is 0. The van der Waals surface area contributed by atoms with Gasteiger partial charge in [0.25, 0.3) is 0 Å². The minimum Gasteiger partial charge on any atom is -0.399 e. The second-order valence-corrected chi connectivity index (χ2v) is 6.62. The number of anilines is 2. The van der Waals surface area contributed by atoms with Crippen molar-refractivity contribution in [3.63, 3.8) is 0 Å². The third-order valence-electron chi connectivity index (χ3n) is 4.08. The number of nitrogen functional groups attached to an aromatic ring is 1. The normalized spacial score (nSPS) is 15.4. The Bertz CT molecular complexity index is 792. The molecule has 2 aromatic heterocycles. The van der Waals surface area contributed by atoms with E-state index < -0.39 is 0 Å². The standard InChI is InChI=1S/C17H18N4S/c18-12-6-7-13-14(11-12)19-16(15-5-4-10-22-15)17(20-13)21-8-2-1-3-9-21/h4-7,10-11H,1-3,8-9,18H2. The third-order valence-corrected chi connectivity index (χ3v) is 4.96. The Morgan fingerprint density at radius 2 is 1.86 bits per heavy atom. The Morgan fingerprint density at radius 1 is 1.00 bits per heavy atom. The van der Waals surface area contributed by atoms with Crippen LogP contribution in [0, 0.1) is 0 Å². The summed E-state index contributed by atoms with van der Waals surface area (Å²) in [4.78, 5) is 13.3. The molecule has 0 atom stereocenters. The first-order chi connectivity index (χ1) is 10.8. The maximum absolute atomic E-state index is 5.90. The number of thiophene rings is 1. The molecule has 5 heteroatoms. The van der Waals surface area contributed by atoms with Gasteiger partial charge in [0.05, 0.1) is 15.9 Å². The van der Waals surface area contributed by atoms with Gasteiger partial charge in [0, 0.05) is 18.8 Å². The highest BCUT2D eigenvalue weighted by atomic mass is 32.1. The Hall–Kier alpha value is -2.14. The van der Waals surface area contributed by atoms with Crippen molar-refractivity contribution >= 4 is 33.9 Å². The van der Waals surface area contributed by atoms with Crippen LogP contribution in [0.25, 0.3) is 21.6 Å². The van der Waals surface area contributed by atoms with Crippen LogP contribution in [0.15, 0.2) is 35.7 Å². The van der Waals surface area contributed by atoms with Crippen LogP contribution < -0.4 is 10.6 Å². The summed E-state index contributed by atoms with van der Waals surface area (Å²) in [6, 6.07) is 9.93. The molecule has 4 nitrogen and oxygen atoms in total. The molecule has 0 unspecified atom stereocenters. The lowest BCUT2D eigenvalue weighted by molar-refractivity contribution is 0.574. The summed E-state index contributed by atoms with van der Waals surface area (Å²) in [6.45, 7) is 2.13. The van der Waals surface area contributed by atoms with Gasteiger partial charge in [0.1, 0.15) is 5.69 Å². The van der Waals surface area contributed by atoms with Gasteiger partial charge >= 0.3 is 0 Å². The summed E-state index contributed by atoms with van der Waals surface area (Å²) in [6.07, 6.45) is 3.76. The van der Waals surface area contributed by atoms with Gasteiger partial charge in [-0.15, -0.1) is 11.3 Å². The smallest absolute Gasteiger partial charge is 0.156 e. The number of piperidine rings is 1. The van der Waals surface area contributed by atoms with Crippen LogP contribution >= 0.6 is 11.3 Å². The van der Waals surface area contributed by atoms with E-state index in [1.54, 1.807) is 11.3 Å². The summed E-state index contributed by atoms with van der Waals surface area (Å²) in [5.74, 6) is 1.01. The molecule has 1 fully saturated rings. The lowest BCUT2D eigenvalue weighted by atomic mass is 10.1. The van der Waals surface area contributed by atoms with E-state index in [9.17, 15) is 0 Å². The first-order valence-corrected chi connectivity index (χ1v) is 8.55. The van der Waals surface area contributed by atoms with Gasteiger partial charge in [-0.1, -0.05) is 6.07 Å². The second-order valence-electron chi connectivity index (χ2n) is 5.67. The summed E-state index contributed by atoms with van der Waals surface area (Å²) in [5, 5.41) is 2.08. The summed E-state index contributed by atoms with van der Waals surface area (Å²) >= 11 is 1.71. The SMILES string of the molecule is Nc1ccc2nc(N3CCCCC3)c(-c3cccs3)nc2c1. The van der Waals surface area contributed by atoms with Crippen LogP contribution in [-0.2, 0) is 0 Å². The summed E-state index contributed by atoms with van der Waals surface area (Å²) in [5.41, 5.74) is 9.38. The highest BCUT2D eigenvalue weighted by molar-refractivity contribution is 7.13. The Balaban J connectivity index is 1.91. The number of nitrogens with zero attached hydrogens (tertiary/aromatic N) is 3. The van der Waals surface area contributed by atoms with Crippen molar-refractivity contribution in [1.82, 2.24) is 9.97 Å². The fourth-order valence-corrected chi connectivity index (χ4v) is 3.68. The van der Waals surface area contributed by atoms with Crippen LogP contribution in [0.3, 0.4) is 0 Å². The van der Waals surface area contributed by atoms with E-state index in [1.807, 2.05) is 18.2 Å². The molecule has 1 aliphatic heterocycles. The van der Waals surface area contributed by atoms with Crippen molar-refractivity contribution in [3.05, 3.63) is 35.7 Å². The molecule has 112 valence electrons. The molecule has 0 spiro atoms. The van der Waals surface area contributed by atoms with Crippen molar-refractivity contribution in [2.75, 3.05) is 23.7 Å². The highest BCUT2D eigenvalue weighted by Gasteiger charge is 2.19. The zero-order chi connectivity index (χ0) is 14.9. The lowest BCUT2D eigenvalue weighted by Gasteiger charge is -2.29. The minimum atomic E-state index is 0.727. The Morgan fingerprint density at radius 3 is 2.64 bits per heavy atom. The highest BCUT2D eigenvalue weighted by Crippen LogP contribution is 2.34. The van der Waals surface area contributed by atoms with Crippen LogP contribution in [0.2, 0.25) is 0 Å². The lowest BCUT2D eigenvalue weighted by Crippen LogP contribution is -2.30. The van der Waals surface area contributed by atoms with E-state index in [-0.39, 0.29) is 0 Å². The van der Waals surface area contributed by atoms with Crippen LogP contribution in [-0.4, -0.2) is 23.1 Å². The molecule has 4 rings (SSSR count). The number of hydrogen-bond acceptors (Lipinski definition) is 5.